The van der Waals surface area contributed by atoms with Crippen LogP contribution >= 0.6 is 23.1 Å². The van der Waals surface area contributed by atoms with E-state index in [1.54, 1.807) is 4.88 Å². The van der Waals surface area contributed by atoms with Crippen LogP contribution in [0.1, 0.15) is 54.6 Å². The minimum atomic E-state index is 0.650. The molecule has 102 valence electrons. The Balaban J connectivity index is 2.02. The monoisotopic (exact) mass is 284 g/mol. The molecule has 0 aliphatic heterocycles. The Kier molecular flexibility index (Phi) is 5.52. The SMILES string of the molecule is CCC(C)SCc1nc2c(s1)CCCC2CNC. The largest absolute Gasteiger partial charge is 0.319 e. The van der Waals surface area contributed by atoms with Crippen LogP contribution < -0.4 is 5.32 Å². The second kappa shape index (κ2) is 6.92. The van der Waals surface area contributed by atoms with Gasteiger partial charge in [0, 0.05) is 28.3 Å². The number of thiazole rings is 1. The summed E-state index contributed by atoms with van der Waals surface area (Å²) >= 11 is 4.00. The first-order valence-electron chi connectivity index (χ1n) is 6.99. The van der Waals surface area contributed by atoms with E-state index in [9.17, 15) is 0 Å². The summed E-state index contributed by atoms with van der Waals surface area (Å²) in [4.78, 5) is 6.47. The van der Waals surface area contributed by atoms with Gasteiger partial charge in [-0.05, 0) is 32.7 Å². The minimum absolute atomic E-state index is 0.650. The highest BCUT2D eigenvalue weighted by Gasteiger charge is 2.24. The smallest absolute Gasteiger partial charge is 0.103 e. The molecule has 1 aliphatic rings. The van der Waals surface area contributed by atoms with Crippen LogP contribution in [0.5, 0.6) is 0 Å². The van der Waals surface area contributed by atoms with Crippen molar-refractivity contribution < 1.29 is 0 Å². The van der Waals surface area contributed by atoms with Crippen LogP contribution in [0.4, 0.5) is 0 Å². The summed E-state index contributed by atoms with van der Waals surface area (Å²) in [5, 5.41) is 5.40. The van der Waals surface area contributed by atoms with Crippen LogP contribution in [0, 0.1) is 0 Å². The molecule has 1 aromatic rings. The van der Waals surface area contributed by atoms with E-state index in [0.717, 1.165) is 17.5 Å². The fourth-order valence-corrected chi connectivity index (χ4v) is 4.55. The Morgan fingerprint density at radius 3 is 3.11 bits per heavy atom. The number of likely N-dealkylation sites (N-methyl/N-ethyl adjacent to an activating group) is 1. The number of fused-ring (bicyclic) bond motifs is 1. The van der Waals surface area contributed by atoms with Crippen molar-refractivity contribution >= 4 is 23.1 Å². The zero-order valence-electron chi connectivity index (χ0n) is 11.7. The minimum Gasteiger partial charge on any atom is -0.319 e. The predicted octanol–water partition coefficient (Wildman–Crippen LogP) is 3.81. The molecule has 1 aromatic heterocycles. The standard InChI is InChI=1S/C14H24N2S2/c1-4-10(2)17-9-13-16-14-11(8-15-3)6-5-7-12(14)18-13/h10-11,15H,4-9H2,1-3H3. The summed E-state index contributed by atoms with van der Waals surface area (Å²) in [5.74, 6) is 1.75. The summed E-state index contributed by atoms with van der Waals surface area (Å²) in [6.45, 7) is 5.64. The van der Waals surface area contributed by atoms with E-state index in [1.807, 2.05) is 30.1 Å². The van der Waals surface area contributed by atoms with E-state index in [-0.39, 0.29) is 0 Å². The maximum atomic E-state index is 4.91. The van der Waals surface area contributed by atoms with Gasteiger partial charge in [-0.2, -0.15) is 11.8 Å². The van der Waals surface area contributed by atoms with Gasteiger partial charge in [0.05, 0.1) is 5.69 Å². The van der Waals surface area contributed by atoms with E-state index in [0.29, 0.717) is 5.92 Å². The lowest BCUT2D eigenvalue weighted by Crippen LogP contribution is -2.21. The molecule has 0 bridgehead atoms. The second-order valence-electron chi connectivity index (χ2n) is 5.09. The van der Waals surface area contributed by atoms with Gasteiger partial charge in [0.1, 0.15) is 5.01 Å². The molecule has 2 rings (SSSR count). The number of aromatic nitrogens is 1. The Hall–Kier alpha value is -0.0600. The van der Waals surface area contributed by atoms with Gasteiger partial charge in [-0.3, -0.25) is 0 Å². The molecule has 2 atom stereocenters. The van der Waals surface area contributed by atoms with Gasteiger partial charge >= 0.3 is 0 Å². The molecule has 1 heterocycles. The van der Waals surface area contributed by atoms with Crippen LogP contribution in [0.2, 0.25) is 0 Å². The van der Waals surface area contributed by atoms with E-state index >= 15 is 0 Å². The molecule has 1 N–H and O–H groups in total. The third kappa shape index (κ3) is 3.49. The molecule has 1 aliphatic carbocycles. The first kappa shape index (κ1) is 14.4. The fourth-order valence-electron chi connectivity index (χ4n) is 2.40. The van der Waals surface area contributed by atoms with Gasteiger partial charge in [-0.25, -0.2) is 4.98 Å². The molecule has 0 amide bonds. The van der Waals surface area contributed by atoms with Crippen molar-refractivity contribution in [2.24, 2.45) is 0 Å². The molecule has 0 radical (unpaired) electrons. The van der Waals surface area contributed by atoms with Crippen molar-refractivity contribution in [3.8, 4) is 0 Å². The first-order chi connectivity index (χ1) is 8.74. The lowest BCUT2D eigenvalue weighted by atomic mass is 9.91. The first-order valence-corrected chi connectivity index (χ1v) is 8.85. The van der Waals surface area contributed by atoms with Crippen LogP contribution in [0.25, 0.3) is 0 Å². The van der Waals surface area contributed by atoms with Crippen molar-refractivity contribution in [2.45, 2.75) is 56.5 Å². The second-order valence-corrected chi connectivity index (χ2v) is 7.69. The molecular formula is C14H24N2S2. The topological polar surface area (TPSA) is 24.9 Å². The van der Waals surface area contributed by atoms with E-state index < -0.39 is 0 Å². The van der Waals surface area contributed by atoms with Crippen LogP contribution in [-0.2, 0) is 12.2 Å². The highest BCUT2D eigenvalue weighted by molar-refractivity contribution is 7.99. The summed E-state index contributed by atoms with van der Waals surface area (Å²) in [7, 11) is 2.04. The maximum Gasteiger partial charge on any atom is 0.103 e. The molecule has 0 saturated carbocycles. The molecule has 0 aromatic carbocycles. The van der Waals surface area contributed by atoms with Gasteiger partial charge in [0.15, 0.2) is 0 Å². The lowest BCUT2D eigenvalue weighted by Gasteiger charge is -2.20. The highest BCUT2D eigenvalue weighted by Crippen LogP contribution is 2.35. The molecular weight excluding hydrogens is 260 g/mol. The number of rotatable bonds is 6. The van der Waals surface area contributed by atoms with Crippen molar-refractivity contribution in [3.05, 3.63) is 15.6 Å². The third-order valence-electron chi connectivity index (χ3n) is 3.63. The summed E-state index contributed by atoms with van der Waals surface area (Å²) in [6.07, 6.45) is 5.13. The predicted molar refractivity (Wildman–Crippen MR) is 82.8 cm³/mol. The number of thioether (sulfide) groups is 1. The van der Waals surface area contributed by atoms with Crippen molar-refractivity contribution in [2.75, 3.05) is 13.6 Å². The van der Waals surface area contributed by atoms with Gasteiger partial charge in [0.2, 0.25) is 0 Å². The van der Waals surface area contributed by atoms with Crippen LogP contribution in [0.3, 0.4) is 0 Å². The van der Waals surface area contributed by atoms with Gasteiger partial charge in [0.25, 0.3) is 0 Å². The normalized spacial score (nSPS) is 20.7. The van der Waals surface area contributed by atoms with E-state index in [2.05, 4.69) is 19.2 Å². The van der Waals surface area contributed by atoms with Crippen molar-refractivity contribution in [1.29, 1.82) is 0 Å². The average molecular weight is 284 g/mol. The Morgan fingerprint density at radius 1 is 1.56 bits per heavy atom. The van der Waals surface area contributed by atoms with Gasteiger partial charge in [-0.1, -0.05) is 13.8 Å². The van der Waals surface area contributed by atoms with Crippen molar-refractivity contribution in [1.82, 2.24) is 10.3 Å². The molecule has 0 fully saturated rings. The molecule has 4 heteroatoms. The summed E-state index contributed by atoms with van der Waals surface area (Å²) in [6, 6.07) is 0. The van der Waals surface area contributed by atoms with E-state index in [1.165, 1.54) is 36.4 Å². The number of aryl methyl sites for hydroxylation is 1. The number of hydrogen-bond donors (Lipinski definition) is 1. The van der Waals surface area contributed by atoms with Gasteiger partial charge in [-0.15, -0.1) is 11.3 Å². The highest BCUT2D eigenvalue weighted by atomic mass is 32.2. The average Bonchev–Trinajstić information content (AvgIpc) is 2.80. The zero-order chi connectivity index (χ0) is 13.0. The maximum absolute atomic E-state index is 4.91. The summed E-state index contributed by atoms with van der Waals surface area (Å²) < 4.78 is 0. The Bertz CT molecular complexity index is 376. The molecule has 18 heavy (non-hydrogen) atoms. The number of hydrogen-bond acceptors (Lipinski definition) is 4. The molecule has 2 nitrogen and oxygen atoms in total. The quantitative estimate of drug-likeness (QED) is 0.860. The third-order valence-corrected chi connectivity index (χ3v) is 6.29. The number of nitrogens with one attached hydrogen (secondary N) is 1. The van der Waals surface area contributed by atoms with Crippen molar-refractivity contribution in [3.63, 3.8) is 0 Å². The van der Waals surface area contributed by atoms with Gasteiger partial charge < -0.3 is 5.32 Å². The Labute approximate surface area is 119 Å². The fraction of sp³-hybridized carbons (Fsp3) is 0.786. The molecule has 2 unspecified atom stereocenters. The van der Waals surface area contributed by atoms with E-state index in [4.69, 9.17) is 4.98 Å². The van der Waals surface area contributed by atoms with Crippen LogP contribution in [0.15, 0.2) is 0 Å². The molecule has 0 spiro atoms. The Morgan fingerprint density at radius 2 is 2.39 bits per heavy atom. The summed E-state index contributed by atoms with van der Waals surface area (Å²) in [5.41, 5.74) is 1.40. The molecule has 0 saturated heterocycles. The van der Waals surface area contributed by atoms with Crippen LogP contribution in [-0.4, -0.2) is 23.8 Å². The zero-order valence-corrected chi connectivity index (χ0v) is 13.3. The number of nitrogens with zero attached hydrogens (tertiary/aromatic N) is 1. The lowest BCUT2D eigenvalue weighted by molar-refractivity contribution is 0.522.